The molecule has 0 saturated heterocycles. The summed E-state index contributed by atoms with van der Waals surface area (Å²) in [6, 6.07) is 12.5. The zero-order valence-corrected chi connectivity index (χ0v) is 15.4. The van der Waals surface area contributed by atoms with Crippen LogP contribution < -0.4 is 10.5 Å². The van der Waals surface area contributed by atoms with E-state index in [1.807, 2.05) is 4.40 Å². The van der Waals surface area contributed by atoms with Crippen LogP contribution in [-0.2, 0) is 16.6 Å². The fourth-order valence-corrected chi connectivity index (χ4v) is 3.38. The minimum Gasteiger partial charge on any atom is -0.363 e. The third-order valence-electron chi connectivity index (χ3n) is 4.28. The second-order valence-electron chi connectivity index (χ2n) is 6.16. The average Bonchev–Trinajstić information content (AvgIpc) is 3.11. The van der Waals surface area contributed by atoms with Crippen molar-refractivity contribution in [2.24, 2.45) is 5.14 Å². The van der Waals surface area contributed by atoms with E-state index >= 15 is 0 Å². The normalized spacial score (nSPS) is 11.6. The summed E-state index contributed by atoms with van der Waals surface area (Å²) in [6.07, 6.45) is 5.14. The van der Waals surface area contributed by atoms with Crippen LogP contribution in [0.5, 0.6) is 0 Å². The van der Waals surface area contributed by atoms with Gasteiger partial charge in [0.1, 0.15) is 5.82 Å². The van der Waals surface area contributed by atoms with Gasteiger partial charge in [-0.2, -0.15) is 0 Å². The van der Waals surface area contributed by atoms with Crippen molar-refractivity contribution in [3.05, 3.63) is 78.5 Å². The van der Waals surface area contributed by atoms with Crippen LogP contribution in [-0.4, -0.2) is 22.8 Å². The van der Waals surface area contributed by atoms with Gasteiger partial charge < -0.3 is 5.32 Å². The van der Waals surface area contributed by atoms with Gasteiger partial charge in [-0.1, -0.05) is 12.1 Å². The molecular weight excluding hydrogens is 381 g/mol. The van der Waals surface area contributed by atoms with E-state index in [0.29, 0.717) is 18.0 Å². The number of nitrogens with two attached hydrogens (primary N) is 1. The minimum atomic E-state index is -3.71. The zero-order valence-electron chi connectivity index (χ0n) is 14.6. The summed E-state index contributed by atoms with van der Waals surface area (Å²) in [5, 5.41) is 8.31. The van der Waals surface area contributed by atoms with E-state index in [-0.39, 0.29) is 10.7 Å². The van der Waals surface area contributed by atoms with E-state index < -0.39 is 10.0 Å². The monoisotopic (exact) mass is 397 g/mol. The molecule has 0 fully saturated rings. The number of imidazole rings is 1. The van der Waals surface area contributed by atoms with Crippen LogP contribution in [0.15, 0.2) is 72.0 Å². The van der Waals surface area contributed by atoms with Crippen molar-refractivity contribution in [1.82, 2.24) is 14.4 Å². The predicted molar refractivity (Wildman–Crippen MR) is 104 cm³/mol. The van der Waals surface area contributed by atoms with Crippen LogP contribution in [0.3, 0.4) is 0 Å². The van der Waals surface area contributed by atoms with Crippen molar-refractivity contribution in [2.45, 2.75) is 11.4 Å². The van der Waals surface area contributed by atoms with E-state index in [1.165, 1.54) is 24.3 Å². The van der Waals surface area contributed by atoms with Gasteiger partial charge in [0.05, 0.1) is 16.8 Å². The molecule has 28 heavy (non-hydrogen) atoms. The molecule has 2 aromatic carbocycles. The minimum absolute atomic E-state index is 0.0636. The summed E-state index contributed by atoms with van der Waals surface area (Å²) in [4.78, 5) is 8.82. The lowest BCUT2D eigenvalue weighted by Gasteiger charge is -2.08. The van der Waals surface area contributed by atoms with E-state index in [4.69, 9.17) is 5.14 Å². The fraction of sp³-hybridized carbons (Fsp3) is 0.0526. The van der Waals surface area contributed by atoms with E-state index in [0.717, 1.165) is 16.8 Å². The lowest BCUT2D eigenvalue weighted by Crippen LogP contribution is -2.12. The summed E-state index contributed by atoms with van der Waals surface area (Å²) in [5.41, 5.74) is 3.15. The molecule has 0 aliphatic rings. The Bertz CT molecular complexity index is 1240. The molecule has 4 rings (SSSR count). The Morgan fingerprint density at radius 3 is 2.43 bits per heavy atom. The molecule has 0 amide bonds. The van der Waals surface area contributed by atoms with Gasteiger partial charge in [0.2, 0.25) is 10.0 Å². The van der Waals surface area contributed by atoms with Crippen molar-refractivity contribution in [3.63, 3.8) is 0 Å². The number of aromatic nitrogens is 3. The van der Waals surface area contributed by atoms with Crippen LogP contribution in [0.25, 0.3) is 16.9 Å². The van der Waals surface area contributed by atoms with Crippen LogP contribution in [0.1, 0.15) is 5.56 Å². The highest BCUT2D eigenvalue weighted by atomic mass is 32.2. The maximum Gasteiger partial charge on any atom is 0.238 e. The van der Waals surface area contributed by atoms with Crippen LogP contribution >= 0.6 is 0 Å². The first-order chi connectivity index (χ1) is 13.4. The van der Waals surface area contributed by atoms with Crippen LogP contribution in [0.4, 0.5) is 10.2 Å². The van der Waals surface area contributed by atoms with E-state index in [9.17, 15) is 12.8 Å². The molecule has 0 atom stereocenters. The third kappa shape index (κ3) is 3.57. The molecule has 0 unspecified atom stereocenters. The standard InChI is InChI=1S/C19H16FN5O2S/c20-15-5-3-14(4-6-15)17-12-24-19-18(22-9-10-25(17)19)23-11-13-1-7-16(8-2-13)28(21,26)27/h1-10,12H,11H2,(H,22,23)(H2,21,26,27). The molecule has 0 spiro atoms. The van der Waals surface area contributed by atoms with E-state index in [2.05, 4.69) is 15.3 Å². The molecule has 0 aliphatic carbocycles. The zero-order chi connectivity index (χ0) is 19.7. The van der Waals surface area contributed by atoms with Gasteiger partial charge in [-0.15, -0.1) is 0 Å². The highest BCUT2D eigenvalue weighted by Crippen LogP contribution is 2.24. The molecule has 7 nitrogen and oxygen atoms in total. The number of sulfonamides is 1. The molecule has 4 aromatic rings. The van der Waals surface area contributed by atoms with Crippen molar-refractivity contribution < 1.29 is 12.8 Å². The molecule has 9 heteroatoms. The molecule has 142 valence electrons. The number of halogens is 1. The number of rotatable bonds is 5. The van der Waals surface area contributed by atoms with Crippen molar-refractivity contribution in [3.8, 4) is 11.3 Å². The molecule has 0 bridgehead atoms. The molecule has 0 radical (unpaired) electrons. The number of benzene rings is 2. The SMILES string of the molecule is NS(=O)(=O)c1ccc(CNc2nccn3c(-c4ccc(F)cc4)cnc23)cc1. The molecule has 2 heterocycles. The molecule has 2 aromatic heterocycles. The van der Waals surface area contributed by atoms with Gasteiger partial charge in [-0.05, 0) is 42.0 Å². The second kappa shape index (κ2) is 7.02. The number of hydrogen-bond donors (Lipinski definition) is 2. The number of nitrogens with zero attached hydrogens (tertiary/aromatic N) is 3. The van der Waals surface area contributed by atoms with Gasteiger partial charge in [0.25, 0.3) is 0 Å². The fourth-order valence-electron chi connectivity index (χ4n) is 2.86. The van der Waals surface area contributed by atoms with Gasteiger partial charge >= 0.3 is 0 Å². The molecule has 0 aliphatic heterocycles. The lowest BCUT2D eigenvalue weighted by molar-refractivity contribution is 0.597. The molecule has 0 saturated carbocycles. The number of nitrogens with one attached hydrogen (secondary N) is 1. The average molecular weight is 397 g/mol. The van der Waals surface area contributed by atoms with Crippen LogP contribution in [0.2, 0.25) is 0 Å². The first-order valence-electron chi connectivity index (χ1n) is 8.35. The number of anilines is 1. The first-order valence-corrected chi connectivity index (χ1v) is 9.90. The maximum atomic E-state index is 13.2. The molecule has 3 N–H and O–H groups in total. The van der Waals surface area contributed by atoms with Crippen molar-refractivity contribution in [1.29, 1.82) is 0 Å². The Hall–Kier alpha value is -3.30. The third-order valence-corrected chi connectivity index (χ3v) is 5.21. The largest absolute Gasteiger partial charge is 0.363 e. The number of primary sulfonamides is 1. The Balaban J connectivity index is 1.59. The summed E-state index contributed by atoms with van der Waals surface area (Å²) >= 11 is 0. The topological polar surface area (TPSA) is 102 Å². The lowest BCUT2D eigenvalue weighted by atomic mass is 10.2. The van der Waals surface area contributed by atoms with Gasteiger partial charge in [-0.25, -0.2) is 27.9 Å². The van der Waals surface area contributed by atoms with Gasteiger partial charge in [0.15, 0.2) is 11.5 Å². The molecular formula is C19H16FN5O2S. The summed E-state index contributed by atoms with van der Waals surface area (Å²) < 4.78 is 37.7. The predicted octanol–water partition coefficient (Wildman–Crippen LogP) is 2.79. The van der Waals surface area contributed by atoms with Crippen LogP contribution in [0, 0.1) is 5.82 Å². The Morgan fingerprint density at radius 2 is 1.75 bits per heavy atom. The van der Waals surface area contributed by atoms with Crippen molar-refractivity contribution >= 4 is 21.5 Å². The summed E-state index contributed by atoms with van der Waals surface area (Å²) in [5.74, 6) is 0.279. The first kappa shape index (κ1) is 18.1. The highest BCUT2D eigenvalue weighted by molar-refractivity contribution is 7.89. The highest BCUT2D eigenvalue weighted by Gasteiger charge is 2.11. The second-order valence-corrected chi connectivity index (χ2v) is 7.72. The van der Waals surface area contributed by atoms with Gasteiger partial charge in [-0.3, -0.25) is 4.40 Å². The Morgan fingerprint density at radius 1 is 1.04 bits per heavy atom. The summed E-state index contributed by atoms with van der Waals surface area (Å²) in [7, 11) is -3.71. The van der Waals surface area contributed by atoms with Crippen molar-refractivity contribution in [2.75, 3.05) is 5.32 Å². The van der Waals surface area contributed by atoms with Gasteiger partial charge in [0, 0.05) is 24.5 Å². The quantitative estimate of drug-likeness (QED) is 0.539. The van der Waals surface area contributed by atoms with E-state index in [1.54, 1.807) is 42.9 Å². The number of hydrogen-bond acceptors (Lipinski definition) is 5. The maximum absolute atomic E-state index is 13.2. The Kier molecular flexibility index (Phi) is 4.54. The summed E-state index contributed by atoms with van der Waals surface area (Å²) in [6.45, 7) is 0.427. The smallest absolute Gasteiger partial charge is 0.238 e. The number of fused-ring (bicyclic) bond motifs is 1. The Labute approximate surface area is 160 Å².